The van der Waals surface area contributed by atoms with E-state index >= 15 is 0 Å². The maximum absolute atomic E-state index is 12.7. The summed E-state index contributed by atoms with van der Waals surface area (Å²) in [5.74, 6) is 0.347. The molecule has 24 heavy (non-hydrogen) atoms. The number of para-hydroxylation sites is 1. The van der Waals surface area contributed by atoms with Crippen molar-refractivity contribution in [3.8, 4) is 0 Å². The summed E-state index contributed by atoms with van der Waals surface area (Å²) in [6.07, 6.45) is 7.24. The highest BCUT2D eigenvalue weighted by Crippen LogP contribution is 2.28. The number of nitrogens with zero attached hydrogens (tertiary/aromatic N) is 2. The lowest BCUT2D eigenvalue weighted by atomic mass is 10.2. The second-order valence-electron chi connectivity index (χ2n) is 7.09. The van der Waals surface area contributed by atoms with Gasteiger partial charge in [0.15, 0.2) is 11.6 Å². The molecule has 2 aliphatic rings. The number of hydrogen-bond acceptors (Lipinski definition) is 3. The Morgan fingerprint density at radius 2 is 1.96 bits per heavy atom. The number of thiazole rings is 1. The van der Waals surface area contributed by atoms with Gasteiger partial charge in [-0.1, -0.05) is 25.0 Å². The Bertz CT molecular complexity index is 672. The Hall–Kier alpha value is -1.46. The number of quaternary nitrogens is 1. The second kappa shape index (κ2) is 7.19. The SMILES string of the molecule is O=C(C[NH+]1CCC[C@H]1c1nc2ccccc2s1)N1CCCCCC1. The van der Waals surface area contributed by atoms with Crippen LogP contribution >= 0.6 is 11.3 Å². The molecular formula is C19H26N3OS+. The van der Waals surface area contributed by atoms with Crippen LogP contribution in [0, 0.1) is 0 Å². The molecule has 3 heterocycles. The first-order valence-electron chi connectivity index (χ1n) is 9.29. The molecule has 2 fully saturated rings. The van der Waals surface area contributed by atoms with Crippen LogP contribution in [0.1, 0.15) is 49.6 Å². The Labute approximate surface area is 147 Å². The van der Waals surface area contributed by atoms with Gasteiger partial charge in [-0.15, -0.1) is 11.3 Å². The molecule has 1 N–H and O–H groups in total. The number of hydrogen-bond donors (Lipinski definition) is 1. The van der Waals surface area contributed by atoms with Crippen molar-refractivity contribution in [2.75, 3.05) is 26.2 Å². The van der Waals surface area contributed by atoms with E-state index in [0.29, 0.717) is 18.5 Å². The van der Waals surface area contributed by atoms with Gasteiger partial charge in [0.1, 0.15) is 6.04 Å². The molecule has 2 saturated heterocycles. The monoisotopic (exact) mass is 344 g/mol. The molecule has 0 aliphatic carbocycles. The maximum atomic E-state index is 12.7. The minimum absolute atomic E-state index is 0.347. The fourth-order valence-electron chi connectivity index (χ4n) is 4.09. The van der Waals surface area contributed by atoms with Gasteiger partial charge < -0.3 is 9.80 Å². The highest BCUT2D eigenvalue weighted by molar-refractivity contribution is 7.18. The van der Waals surface area contributed by atoms with E-state index in [1.165, 1.54) is 46.7 Å². The zero-order valence-corrected chi connectivity index (χ0v) is 15.0. The lowest BCUT2D eigenvalue weighted by Gasteiger charge is -2.24. The van der Waals surface area contributed by atoms with Gasteiger partial charge in [-0.2, -0.15) is 0 Å². The third-order valence-corrected chi connectivity index (χ3v) is 6.58. The number of nitrogens with one attached hydrogen (secondary N) is 1. The van der Waals surface area contributed by atoms with Crippen molar-refractivity contribution in [3.05, 3.63) is 29.3 Å². The quantitative estimate of drug-likeness (QED) is 0.928. The van der Waals surface area contributed by atoms with Gasteiger partial charge in [-0.25, -0.2) is 4.98 Å². The molecule has 4 rings (SSSR count). The maximum Gasteiger partial charge on any atom is 0.277 e. The first kappa shape index (κ1) is 16.0. The third-order valence-electron chi connectivity index (χ3n) is 5.43. The van der Waals surface area contributed by atoms with E-state index in [1.807, 2.05) is 17.4 Å². The van der Waals surface area contributed by atoms with Gasteiger partial charge in [0.25, 0.3) is 5.91 Å². The third kappa shape index (κ3) is 3.33. The van der Waals surface area contributed by atoms with Crippen LogP contribution in [-0.4, -0.2) is 42.0 Å². The van der Waals surface area contributed by atoms with Gasteiger partial charge in [0.2, 0.25) is 0 Å². The topological polar surface area (TPSA) is 37.6 Å². The van der Waals surface area contributed by atoms with Crippen LogP contribution < -0.4 is 4.90 Å². The molecule has 1 amide bonds. The summed E-state index contributed by atoms with van der Waals surface area (Å²) in [5.41, 5.74) is 1.10. The molecule has 128 valence electrons. The minimum Gasteiger partial charge on any atom is -0.338 e. The van der Waals surface area contributed by atoms with Crippen LogP contribution in [0.25, 0.3) is 10.2 Å². The van der Waals surface area contributed by atoms with Crippen molar-refractivity contribution in [1.29, 1.82) is 0 Å². The number of aromatic nitrogens is 1. The fourth-order valence-corrected chi connectivity index (χ4v) is 5.25. The van der Waals surface area contributed by atoms with E-state index in [4.69, 9.17) is 4.98 Å². The van der Waals surface area contributed by atoms with E-state index in [-0.39, 0.29) is 0 Å². The second-order valence-corrected chi connectivity index (χ2v) is 8.16. The largest absolute Gasteiger partial charge is 0.338 e. The van der Waals surface area contributed by atoms with Gasteiger partial charge >= 0.3 is 0 Å². The lowest BCUT2D eigenvalue weighted by molar-refractivity contribution is -0.910. The smallest absolute Gasteiger partial charge is 0.277 e. The molecule has 0 radical (unpaired) electrons. The molecule has 5 heteroatoms. The lowest BCUT2D eigenvalue weighted by Crippen LogP contribution is -3.11. The molecule has 2 aromatic rings. The van der Waals surface area contributed by atoms with Crippen LogP contribution in [0.5, 0.6) is 0 Å². The standard InChI is InChI=1S/C19H25N3OS/c23-18(21-11-5-1-2-6-12-21)14-22-13-7-9-16(22)19-20-15-8-3-4-10-17(15)24-19/h3-4,8,10,16H,1-2,5-7,9,11-14H2/p+1/t16-/m0/s1. The van der Waals surface area contributed by atoms with Crippen LogP contribution in [0.15, 0.2) is 24.3 Å². The van der Waals surface area contributed by atoms with Crippen LogP contribution in [0.4, 0.5) is 0 Å². The van der Waals surface area contributed by atoms with Gasteiger partial charge in [0, 0.05) is 25.9 Å². The number of carbonyl (C=O) groups excluding carboxylic acids is 1. The fraction of sp³-hybridized carbons (Fsp3) is 0.579. The molecule has 0 spiro atoms. The average molecular weight is 345 g/mol. The van der Waals surface area contributed by atoms with E-state index in [0.717, 1.165) is 31.6 Å². The number of carbonyl (C=O) groups is 1. The summed E-state index contributed by atoms with van der Waals surface area (Å²) in [6, 6.07) is 8.76. The highest BCUT2D eigenvalue weighted by Gasteiger charge is 2.35. The Kier molecular flexibility index (Phi) is 4.81. The Morgan fingerprint density at radius 3 is 2.75 bits per heavy atom. The summed E-state index contributed by atoms with van der Waals surface area (Å²) >= 11 is 1.81. The van der Waals surface area contributed by atoms with E-state index in [1.54, 1.807) is 0 Å². The van der Waals surface area contributed by atoms with E-state index in [2.05, 4.69) is 23.1 Å². The predicted molar refractivity (Wildman–Crippen MR) is 97.3 cm³/mol. The summed E-state index contributed by atoms with van der Waals surface area (Å²) in [6.45, 7) is 3.65. The van der Waals surface area contributed by atoms with Crippen molar-refractivity contribution in [3.63, 3.8) is 0 Å². The molecular weight excluding hydrogens is 318 g/mol. The Balaban J connectivity index is 1.47. The number of fused-ring (bicyclic) bond motifs is 1. The van der Waals surface area contributed by atoms with Gasteiger partial charge in [-0.05, 0) is 25.0 Å². The summed E-state index contributed by atoms with van der Waals surface area (Å²) in [5, 5.41) is 1.22. The van der Waals surface area contributed by atoms with Crippen molar-refractivity contribution >= 4 is 27.5 Å². The average Bonchev–Trinajstić information content (AvgIpc) is 3.12. The summed E-state index contributed by atoms with van der Waals surface area (Å²) < 4.78 is 1.26. The minimum atomic E-state index is 0.347. The summed E-state index contributed by atoms with van der Waals surface area (Å²) in [4.78, 5) is 21.1. The molecule has 0 saturated carbocycles. The van der Waals surface area contributed by atoms with Crippen molar-refractivity contribution in [2.24, 2.45) is 0 Å². The molecule has 4 nitrogen and oxygen atoms in total. The zero-order chi connectivity index (χ0) is 16.4. The number of likely N-dealkylation sites (tertiary alicyclic amines) is 2. The number of benzene rings is 1. The molecule has 1 aromatic heterocycles. The number of rotatable bonds is 3. The van der Waals surface area contributed by atoms with Crippen molar-refractivity contribution < 1.29 is 9.69 Å². The molecule has 2 atom stereocenters. The number of amides is 1. The van der Waals surface area contributed by atoms with Gasteiger partial charge in [-0.3, -0.25) is 4.79 Å². The van der Waals surface area contributed by atoms with Crippen molar-refractivity contribution in [1.82, 2.24) is 9.88 Å². The van der Waals surface area contributed by atoms with E-state index in [9.17, 15) is 4.79 Å². The Morgan fingerprint density at radius 1 is 1.17 bits per heavy atom. The van der Waals surface area contributed by atoms with Crippen LogP contribution in [0.3, 0.4) is 0 Å². The molecule has 2 aliphatic heterocycles. The van der Waals surface area contributed by atoms with E-state index < -0.39 is 0 Å². The summed E-state index contributed by atoms with van der Waals surface area (Å²) in [7, 11) is 0. The molecule has 1 unspecified atom stereocenters. The van der Waals surface area contributed by atoms with Gasteiger partial charge in [0.05, 0.1) is 16.8 Å². The first-order valence-corrected chi connectivity index (χ1v) is 10.1. The van der Waals surface area contributed by atoms with Crippen LogP contribution in [0.2, 0.25) is 0 Å². The van der Waals surface area contributed by atoms with Crippen molar-refractivity contribution in [2.45, 2.75) is 44.6 Å². The highest BCUT2D eigenvalue weighted by atomic mass is 32.1. The molecule has 0 bridgehead atoms. The first-order chi connectivity index (χ1) is 11.8. The normalized spacial score (nSPS) is 25.1. The van der Waals surface area contributed by atoms with Crippen LogP contribution in [-0.2, 0) is 4.79 Å². The predicted octanol–water partition coefficient (Wildman–Crippen LogP) is 2.42. The zero-order valence-electron chi connectivity index (χ0n) is 14.2. The molecule has 1 aromatic carbocycles.